The topological polar surface area (TPSA) is 77.2 Å². The highest BCUT2D eigenvalue weighted by Crippen LogP contribution is 2.17. The highest BCUT2D eigenvalue weighted by molar-refractivity contribution is 7.98. The largest absolute Gasteiger partial charge is 0.266 e. The van der Waals surface area contributed by atoms with Gasteiger partial charge in [-0.3, -0.25) is 0 Å². The van der Waals surface area contributed by atoms with Crippen LogP contribution in [0.15, 0.2) is 22.6 Å². The van der Waals surface area contributed by atoms with Crippen molar-refractivity contribution in [2.24, 2.45) is 0 Å². The Balaban J connectivity index is 2.80. The molecule has 0 amide bonds. The molecule has 6 nitrogen and oxygen atoms in total. The van der Waals surface area contributed by atoms with Gasteiger partial charge in [-0.1, -0.05) is 0 Å². The van der Waals surface area contributed by atoms with Crippen LogP contribution in [0.4, 0.5) is 0 Å². The summed E-state index contributed by atoms with van der Waals surface area (Å²) >= 11 is 1.33. The molecule has 0 aliphatic rings. The zero-order valence-electron chi connectivity index (χ0n) is 8.08. The van der Waals surface area contributed by atoms with E-state index in [0.29, 0.717) is 10.7 Å². The second-order valence-corrected chi connectivity index (χ2v) is 5.58. The Kier molecular flexibility index (Phi) is 2.39. The van der Waals surface area contributed by atoms with Crippen LogP contribution in [0.25, 0.3) is 5.65 Å². The van der Waals surface area contributed by atoms with Crippen LogP contribution in [-0.2, 0) is 9.84 Å². The van der Waals surface area contributed by atoms with Crippen LogP contribution in [0.5, 0.6) is 0 Å². The fourth-order valence-corrected chi connectivity index (χ4v) is 2.13. The van der Waals surface area contributed by atoms with Crippen molar-refractivity contribution in [3.63, 3.8) is 0 Å². The Labute approximate surface area is 90.7 Å². The van der Waals surface area contributed by atoms with Crippen LogP contribution in [-0.4, -0.2) is 40.5 Å². The maximum atomic E-state index is 11.3. The van der Waals surface area contributed by atoms with Gasteiger partial charge in [-0.25, -0.2) is 22.9 Å². The van der Waals surface area contributed by atoms with E-state index in [1.807, 2.05) is 6.26 Å². The first-order valence-corrected chi connectivity index (χ1v) is 7.09. The number of rotatable bonds is 2. The molecule has 0 fully saturated rings. The molecule has 0 aromatic carbocycles. The van der Waals surface area contributed by atoms with Crippen molar-refractivity contribution in [2.45, 2.75) is 10.2 Å². The second kappa shape index (κ2) is 3.46. The van der Waals surface area contributed by atoms with Crippen molar-refractivity contribution in [1.82, 2.24) is 19.6 Å². The highest BCUT2D eigenvalue weighted by atomic mass is 32.2. The smallest absolute Gasteiger partial charge is 0.233 e. The number of fused-ring (bicyclic) bond motifs is 1. The van der Waals surface area contributed by atoms with Crippen LogP contribution in [0.3, 0.4) is 0 Å². The molecule has 0 radical (unpaired) electrons. The molecular weight excluding hydrogens is 236 g/mol. The first kappa shape index (κ1) is 10.4. The Morgan fingerprint density at radius 1 is 1.47 bits per heavy atom. The first-order valence-electron chi connectivity index (χ1n) is 3.98. The minimum absolute atomic E-state index is 0.183. The highest BCUT2D eigenvalue weighted by Gasteiger charge is 2.15. The van der Waals surface area contributed by atoms with Gasteiger partial charge < -0.3 is 0 Å². The first-order chi connectivity index (χ1) is 7.02. The van der Waals surface area contributed by atoms with E-state index in [9.17, 15) is 8.42 Å². The van der Waals surface area contributed by atoms with Crippen LogP contribution in [0, 0.1) is 0 Å². The van der Waals surface area contributed by atoms with Gasteiger partial charge in [0.15, 0.2) is 5.65 Å². The lowest BCUT2D eigenvalue weighted by Gasteiger charge is -2.01. The SMILES string of the molecule is CSc1nc(S(C)(=O)=O)nn2ccnc12. The van der Waals surface area contributed by atoms with E-state index in [2.05, 4.69) is 15.1 Å². The summed E-state index contributed by atoms with van der Waals surface area (Å²) in [6, 6.07) is 0. The summed E-state index contributed by atoms with van der Waals surface area (Å²) in [6.45, 7) is 0. The fraction of sp³-hybridized carbons (Fsp3) is 0.286. The predicted molar refractivity (Wildman–Crippen MR) is 55.7 cm³/mol. The Hall–Kier alpha value is -1.15. The number of nitrogens with zero attached hydrogens (tertiary/aromatic N) is 4. The molecule has 8 heteroatoms. The Morgan fingerprint density at radius 3 is 2.80 bits per heavy atom. The van der Waals surface area contributed by atoms with Gasteiger partial charge in [0.25, 0.3) is 5.16 Å². The zero-order chi connectivity index (χ0) is 11.1. The van der Waals surface area contributed by atoms with Gasteiger partial charge in [-0.2, -0.15) is 0 Å². The number of imidazole rings is 1. The van der Waals surface area contributed by atoms with Gasteiger partial charge in [0.1, 0.15) is 5.03 Å². The number of hydrogen-bond donors (Lipinski definition) is 0. The van der Waals surface area contributed by atoms with E-state index in [-0.39, 0.29) is 5.16 Å². The molecule has 0 spiro atoms. The van der Waals surface area contributed by atoms with Gasteiger partial charge in [-0.05, 0) is 6.26 Å². The van der Waals surface area contributed by atoms with Crippen LogP contribution >= 0.6 is 11.8 Å². The summed E-state index contributed by atoms with van der Waals surface area (Å²) in [6.07, 6.45) is 6.03. The van der Waals surface area contributed by atoms with Gasteiger partial charge in [0.05, 0.1) is 0 Å². The normalized spacial score (nSPS) is 12.1. The average Bonchev–Trinajstić information content (AvgIpc) is 2.62. The molecule has 15 heavy (non-hydrogen) atoms. The monoisotopic (exact) mass is 244 g/mol. The average molecular weight is 244 g/mol. The molecule has 2 aromatic heterocycles. The number of sulfone groups is 1. The summed E-state index contributed by atoms with van der Waals surface area (Å²) in [7, 11) is -3.39. The lowest BCUT2D eigenvalue weighted by Crippen LogP contribution is -2.08. The third-order valence-corrected chi connectivity index (χ3v) is 3.23. The molecule has 2 aromatic rings. The molecule has 0 saturated carbocycles. The lowest BCUT2D eigenvalue weighted by atomic mass is 10.8. The third-order valence-electron chi connectivity index (χ3n) is 1.73. The Morgan fingerprint density at radius 2 is 2.20 bits per heavy atom. The van der Waals surface area contributed by atoms with Crippen molar-refractivity contribution in [2.75, 3.05) is 12.5 Å². The minimum atomic E-state index is -3.39. The minimum Gasteiger partial charge on any atom is -0.233 e. The number of aromatic nitrogens is 4. The van der Waals surface area contributed by atoms with Crippen molar-refractivity contribution >= 4 is 27.2 Å². The van der Waals surface area contributed by atoms with E-state index < -0.39 is 9.84 Å². The lowest BCUT2D eigenvalue weighted by molar-refractivity contribution is 0.584. The van der Waals surface area contributed by atoms with Crippen molar-refractivity contribution < 1.29 is 8.42 Å². The van der Waals surface area contributed by atoms with Crippen molar-refractivity contribution in [1.29, 1.82) is 0 Å². The molecule has 0 saturated heterocycles. The molecule has 0 bridgehead atoms. The van der Waals surface area contributed by atoms with E-state index in [0.717, 1.165) is 6.26 Å². The van der Waals surface area contributed by atoms with E-state index >= 15 is 0 Å². The summed E-state index contributed by atoms with van der Waals surface area (Å²) in [4.78, 5) is 7.98. The Bertz CT molecular complexity index is 604. The van der Waals surface area contributed by atoms with Crippen LogP contribution in [0.2, 0.25) is 0 Å². The fourth-order valence-electron chi connectivity index (χ4n) is 1.08. The van der Waals surface area contributed by atoms with E-state index in [1.54, 1.807) is 12.4 Å². The maximum absolute atomic E-state index is 11.3. The predicted octanol–water partition coefficient (Wildman–Crippen LogP) is 0.250. The number of thioether (sulfide) groups is 1. The molecule has 2 rings (SSSR count). The molecule has 2 heterocycles. The summed E-state index contributed by atoms with van der Waals surface area (Å²) in [5.74, 6) is 0. The third kappa shape index (κ3) is 1.82. The summed E-state index contributed by atoms with van der Waals surface area (Å²) in [5, 5.41) is 4.23. The summed E-state index contributed by atoms with van der Waals surface area (Å²) in [5.41, 5.74) is 0.565. The molecule has 0 N–H and O–H groups in total. The second-order valence-electron chi connectivity index (χ2n) is 2.87. The molecule has 80 valence electrons. The van der Waals surface area contributed by atoms with Gasteiger partial charge >= 0.3 is 0 Å². The number of hydrogen-bond acceptors (Lipinski definition) is 6. The van der Waals surface area contributed by atoms with Gasteiger partial charge in [0.2, 0.25) is 9.84 Å². The molecule has 0 aliphatic heterocycles. The van der Waals surface area contributed by atoms with E-state index in [1.165, 1.54) is 16.3 Å². The van der Waals surface area contributed by atoms with Gasteiger partial charge in [-0.15, -0.1) is 16.9 Å². The van der Waals surface area contributed by atoms with Crippen LogP contribution in [0.1, 0.15) is 0 Å². The van der Waals surface area contributed by atoms with Crippen LogP contribution < -0.4 is 0 Å². The quantitative estimate of drug-likeness (QED) is 0.705. The molecule has 0 unspecified atom stereocenters. The zero-order valence-corrected chi connectivity index (χ0v) is 9.71. The van der Waals surface area contributed by atoms with Crippen molar-refractivity contribution in [3.8, 4) is 0 Å². The molecule has 0 atom stereocenters. The maximum Gasteiger partial charge on any atom is 0.266 e. The molecular formula is C7H8N4O2S2. The molecule has 0 aliphatic carbocycles. The summed E-state index contributed by atoms with van der Waals surface area (Å²) < 4.78 is 24.0. The van der Waals surface area contributed by atoms with E-state index in [4.69, 9.17) is 0 Å². The van der Waals surface area contributed by atoms with Gasteiger partial charge in [0, 0.05) is 18.6 Å². The van der Waals surface area contributed by atoms with Crippen molar-refractivity contribution in [3.05, 3.63) is 12.4 Å². The standard InChI is InChI=1S/C7H8N4O2S2/c1-14-6-5-8-3-4-11(5)10-7(9-6)15(2,12)13/h3-4H,1-2H3.